The number of nitrogens with zero attached hydrogens (tertiary/aromatic N) is 4. The summed E-state index contributed by atoms with van der Waals surface area (Å²) in [5, 5.41) is 7.49. The molecule has 0 saturated carbocycles. The van der Waals surface area contributed by atoms with Gasteiger partial charge in [0.05, 0.1) is 17.3 Å². The summed E-state index contributed by atoms with van der Waals surface area (Å²) < 4.78 is 1.80. The summed E-state index contributed by atoms with van der Waals surface area (Å²) in [6, 6.07) is 14.5. The number of hydrogen-bond acceptors (Lipinski definition) is 3. The van der Waals surface area contributed by atoms with Gasteiger partial charge in [0.15, 0.2) is 0 Å². The van der Waals surface area contributed by atoms with Gasteiger partial charge in [-0.25, -0.2) is 9.31 Å². The molecular weight excluding hydrogens is 438 g/mol. The molecule has 7 nitrogen and oxygen atoms in total. The third-order valence-electron chi connectivity index (χ3n) is 7.63. The molecule has 7 heteroatoms. The summed E-state index contributed by atoms with van der Waals surface area (Å²) in [6.45, 7) is 6.02. The number of piperidine rings is 2. The Morgan fingerprint density at radius 2 is 1.69 bits per heavy atom. The maximum absolute atomic E-state index is 13.2. The first kappa shape index (κ1) is 23.4. The predicted molar refractivity (Wildman–Crippen MR) is 137 cm³/mol. The number of fused-ring (bicyclic) bond motifs is 1. The molecule has 4 heterocycles. The number of carbonyl (C=O) groups is 2. The largest absolute Gasteiger partial charge is 0.339 e. The van der Waals surface area contributed by atoms with E-state index >= 15 is 0 Å². The van der Waals surface area contributed by atoms with E-state index in [0.29, 0.717) is 23.9 Å². The second kappa shape index (κ2) is 10.5. The Kier molecular flexibility index (Phi) is 7.02. The summed E-state index contributed by atoms with van der Waals surface area (Å²) in [7, 11) is 0. The number of amides is 3. The van der Waals surface area contributed by atoms with Crippen LogP contribution in [0, 0.1) is 5.92 Å². The molecule has 2 aromatic heterocycles. The van der Waals surface area contributed by atoms with Crippen LogP contribution < -0.4 is 5.32 Å². The van der Waals surface area contributed by atoms with Crippen molar-refractivity contribution in [1.82, 2.24) is 24.7 Å². The molecule has 1 aromatic carbocycles. The number of hydrogen-bond donors (Lipinski definition) is 1. The number of aromatic nitrogens is 2. The summed E-state index contributed by atoms with van der Waals surface area (Å²) in [6.07, 6.45) is 8.48. The Bertz CT molecular complexity index is 1160. The molecule has 3 amide bonds. The summed E-state index contributed by atoms with van der Waals surface area (Å²) in [4.78, 5) is 29.7. The number of rotatable bonds is 5. The van der Waals surface area contributed by atoms with E-state index < -0.39 is 0 Å². The van der Waals surface area contributed by atoms with Gasteiger partial charge in [-0.3, -0.25) is 4.79 Å². The zero-order valence-corrected chi connectivity index (χ0v) is 20.5. The predicted octanol–water partition coefficient (Wildman–Crippen LogP) is 4.34. The van der Waals surface area contributed by atoms with Crippen molar-refractivity contribution in [3.05, 3.63) is 71.5 Å². The van der Waals surface area contributed by atoms with Gasteiger partial charge in [0.1, 0.15) is 0 Å². The van der Waals surface area contributed by atoms with Gasteiger partial charge in [-0.1, -0.05) is 37.3 Å². The monoisotopic (exact) mass is 473 g/mol. The molecule has 0 radical (unpaired) electrons. The fourth-order valence-electron chi connectivity index (χ4n) is 5.28. The van der Waals surface area contributed by atoms with Crippen molar-refractivity contribution in [3.8, 4) is 0 Å². The number of urea groups is 1. The Balaban J connectivity index is 1.18. The lowest BCUT2D eigenvalue weighted by Gasteiger charge is -2.32. The van der Waals surface area contributed by atoms with E-state index in [4.69, 9.17) is 0 Å². The van der Waals surface area contributed by atoms with E-state index in [1.807, 2.05) is 34.2 Å². The Morgan fingerprint density at radius 3 is 2.43 bits per heavy atom. The fraction of sp³-hybridized carbons (Fsp3) is 0.464. The maximum Gasteiger partial charge on any atom is 0.317 e. The van der Waals surface area contributed by atoms with Crippen molar-refractivity contribution in [2.45, 2.75) is 44.9 Å². The van der Waals surface area contributed by atoms with E-state index in [1.165, 1.54) is 11.1 Å². The van der Waals surface area contributed by atoms with Crippen molar-refractivity contribution in [3.63, 3.8) is 0 Å². The van der Waals surface area contributed by atoms with E-state index in [0.717, 1.165) is 63.8 Å². The summed E-state index contributed by atoms with van der Waals surface area (Å²) in [5.74, 6) is 1.15. The van der Waals surface area contributed by atoms with Crippen LogP contribution in [0.3, 0.4) is 0 Å². The smallest absolute Gasteiger partial charge is 0.317 e. The molecule has 5 rings (SSSR count). The van der Waals surface area contributed by atoms with E-state index in [2.05, 4.69) is 41.6 Å². The van der Waals surface area contributed by atoms with Crippen LogP contribution >= 0.6 is 0 Å². The minimum absolute atomic E-state index is 0.0226. The molecule has 2 aliphatic heterocycles. The second-order valence-corrected chi connectivity index (χ2v) is 10.1. The molecule has 0 aliphatic carbocycles. The van der Waals surface area contributed by atoms with Gasteiger partial charge >= 0.3 is 6.03 Å². The van der Waals surface area contributed by atoms with Gasteiger partial charge in [-0.2, -0.15) is 5.10 Å². The average molecular weight is 474 g/mol. The normalized spacial score (nSPS) is 17.6. The van der Waals surface area contributed by atoms with Crippen LogP contribution in [0.4, 0.5) is 4.79 Å². The summed E-state index contributed by atoms with van der Waals surface area (Å²) in [5.41, 5.74) is 4.03. The van der Waals surface area contributed by atoms with Crippen LogP contribution in [-0.2, 0) is 6.42 Å². The highest BCUT2D eigenvalue weighted by Crippen LogP contribution is 2.30. The second-order valence-electron chi connectivity index (χ2n) is 10.1. The first-order chi connectivity index (χ1) is 17.1. The molecule has 35 heavy (non-hydrogen) atoms. The van der Waals surface area contributed by atoms with Crippen molar-refractivity contribution in [1.29, 1.82) is 0 Å². The zero-order valence-electron chi connectivity index (χ0n) is 20.5. The van der Waals surface area contributed by atoms with Crippen LogP contribution in [-0.4, -0.2) is 64.1 Å². The molecule has 0 spiro atoms. The third-order valence-corrected chi connectivity index (χ3v) is 7.63. The van der Waals surface area contributed by atoms with Gasteiger partial charge in [0, 0.05) is 38.9 Å². The highest BCUT2D eigenvalue weighted by Gasteiger charge is 2.26. The van der Waals surface area contributed by atoms with E-state index in [-0.39, 0.29) is 11.9 Å². The Labute approximate surface area is 207 Å². The van der Waals surface area contributed by atoms with E-state index in [9.17, 15) is 9.59 Å². The van der Waals surface area contributed by atoms with Gasteiger partial charge in [0.25, 0.3) is 5.91 Å². The molecule has 0 atom stereocenters. The molecule has 3 aromatic rings. The molecule has 1 N–H and O–H groups in total. The fourth-order valence-corrected chi connectivity index (χ4v) is 5.28. The third kappa shape index (κ3) is 5.34. The number of benzene rings is 1. The lowest BCUT2D eigenvalue weighted by atomic mass is 9.89. The zero-order chi connectivity index (χ0) is 24.2. The highest BCUT2D eigenvalue weighted by atomic mass is 16.2. The van der Waals surface area contributed by atoms with Crippen molar-refractivity contribution < 1.29 is 9.59 Å². The van der Waals surface area contributed by atoms with Crippen LogP contribution in [0.25, 0.3) is 5.52 Å². The number of nitrogens with one attached hydrogen (secondary N) is 1. The standard InChI is InChI=1S/C28H35N5O2/c1-21-8-14-31(15-9-21)27(34)25-20-30-33-18-12-24(19-26(25)33)23-10-16-32(17-11-23)28(35)29-13-7-22-5-3-2-4-6-22/h2-6,12,18-21,23H,7-11,13-17H2,1H3,(H,29,35). The quantitative estimate of drug-likeness (QED) is 0.599. The van der Waals surface area contributed by atoms with Gasteiger partial charge in [0.2, 0.25) is 0 Å². The number of likely N-dealkylation sites (tertiary alicyclic amines) is 2. The average Bonchev–Trinajstić information content (AvgIpc) is 3.33. The molecule has 2 aliphatic rings. The maximum atomic E-state index is 13.2. The molecule has 0 unspecified atom stereocenters. The number of pyridine rings is 1. The van der Waals surface area contributed by atoms with Crippen molar-refractivity contribution >= 4 is 17.5 Å². The molecule has 2 saturated heterocycles. The molecule has 0 bridgehead atoms. The van der Waals surface area contributed by atoms with Crippen LogP contribution in [0.2, 0.25) is 0 Å². The van der Waals surface area contributed by atoms with Crippen molar-refractivity contribution in [2.75, 3.05) is 32.7 Å². The van der Waals surface area contributed by atoms with E-state index in [1.54, 1.807) is 10.7 Å². The van der Waals surface area contributed by atoms with Crippen LogP contribution in [0.1, 0.15) is 60.0 Å². The Hall–Kier alpha value is -3.35. The topological polar surface area (TPSA) is 70.0 Å². The lowest BCUT2D eigenvalue weighted by molar-refractivity contribution is 0.0699. The van der Waals surface area contributed by atoms with Crippen LogP contribution in [0.5, 0.6) is 0 Å². The highest BCUT2D eigenvalue weighted by molar-refractivity contribution is 6.00. The number of carbonyl (C=O) groups excluding carboxylic acids is 2. The minimum Gasteiger partial charge on any atom is -0.339 e. The first-order valence-corrected chi connectivity index (χ1v) is 12.9. The molecular formula is C28H35N5O2. The lowest BCUT2D eigenvalue weighted by Crippen LogP contribution is -2.44. The van der Waals surface area contributed by atoms with Gasteiger partial charge < -0.3 is 15.1 Å². The van der Waals surface area contributed by atoms with Crippen molar-refractivity contribution in [2.24, 2.45) is 5.92 Å². The first-order valence-electron chi connectivity index (χ1n) is 12.9. The minimum atomic E-state index is 0.0226. The Morgan fingerprint density at radius 1 is 0.971 bits per heavy atom. The molecule has 2 fully saturated rings. The van der Waals surface area contributed by atoms with Gasteiger partial charge in [-0.15, -0.1) is 0 Å². The van der Waals surface area contributed by atoms with Gasteiger partial charge in [-0.05, 0) is 67.2 Å². The van der Waals surface area contributed by atoms with Crippen LogP contribution in [0.15, 0.2) is 54.9 Å². The molecule has 184 valence electrons. The summed E-state index contributed by atoms with van der Waals surface area (Å²) >= 11 is 0. The SMILES string of the molecule is CC1CCN(C(=O)c2cnn3ccc(C4CCN(C(=O)NCCc5ccccc5)CC4)cc23)CC1.